The van der Waals surface area contributed by atoms with E-state index < -0.39 is 0 Å². The van der Waals surface area contributed by atoms with Gasteiger partial charge in [-0.05, 0) is 6.92 Å². The summed E-state index contributed by atoms with van der Waals surface area (Å²) in [6, 6.07) is -0.245. The summed E-state index contributed by atoms with van der Waals surface area (Å²) in [5.41, 5.74) is 5.98. The number of rotatable bonds is 0. The molecule has 0 heterocycles. The Balaban J connectivity index is 2.71. The SMILES string of the molecule is CC=C1C(=O)C1N. The van der Waals surface area contributed by atoms with Gasteiger partial charge in [0.05, 0.1) is 6.04 Å². The number of ketones is 1. The van der Waals surface area contributed by atoms with E-state index in [1.54, 1.807) is 6.08 Å². The maximum absolute atomic E-state index is 10.3. The van der Waals surface area contributed by atoms with E-state index in [1.165, 1.54) is 0 Å². The van der Waals surface area contributed by atoms with E-state index in [0.717, 1.165) is 5.57 Å². The first-order valence-corrected chi connectivity index (χ1v) is 2.23. The summed E-state index contributed by atoms with van der Waals surface area (Å²) in [6.07, 6.45) is 1.76. The molecule has 0 aromatic heterocycles. The van der Waals surface area contributed by atoms with Crippen molar-refractivity contribution in [2.75, 3.05) is 0 Å². The first-order chi connectivity index (χ1) is 3.27. The van der Waals surface area contributed by atoms with Crippen LogP contribution in [0.4, 0.5) is 0 Å². The van der Waals surface area contributed by atoms with Crippen LogP contribution in [0.25, 0.3) is 0 Å². The molecule has 1 aliphatic rings. The van der Waals surface area contributed by atoms with Crippen LogP contribution in [0.15, 0.2) is 11.6 Å². The van der Waals surface area contributed by atoms with E-state index in [2.05, 4.69) is 0 Å². The molecule has 2 nitrogen and oxygen atoms in total. The van der Waals surface area contributed by atoms with Gasteiger partial charge in [0, 0.05) is 5.57 Å². The van der Waals surface area contributed by atoms with Gasteiger partial charge in [-0.25, -0.2) is 0 Å². The fraction of sp³-hybridized carbons (Fsp3) is 0.400. The van der Waals surface area contributed by atoms with Crippen molar-refractivity contribution >= 4 is 5.78 Å². The fourth-order valence-corrected chi connectivity index (χ4v) is 0.557. The third-order valence-corrected chi connectivity index (χ3v) is 1.13. The second-order valence-corrected chi connectivity index (χ2v) is 1.59. The molecule has 38 valence electrons. The van der Waals surface area contributed by atoms with E-state index in [9.17, 15) is 4.79 Å². The van der Waals surface area contributed by atoms with Crippen LogP contribution in [-0.4, -0.2) is 11.8 Å². The zero-order valence-corrected chi connectivity index (χ0v) is 4.14. The quantitative estimate of drug-likeness (QED) is 0.427. The predicted molar refractivity (Wildman–Crippen MR) is 26.7 cm³/mol. The number of allylic oxidation sites excluding steroid dienone is 1. The normalized spacial score (nSPS) is 34.3. The molecule has 1 aliphatic carbocycles. The highest BCUT2D eigenvalue weighted by Crippen LogP contribution is 2.19. The zero-order chi connectivity index (χ0) is 5.44. The predicted octanol–water partition coefficient (Wildman–Crippen LogP) is -0.157. The molecule has 0 aromatic carbocycles. The summed E-state index contributed by atoms with van der Waals surface area (Å²) in [7, 11) is 0. The van der Waals surface area contributed by atoms with Crippen LogP contribution >= 0.6 is 0 Å². The molecule has 1 fully saturated rings. The molecule has 0 spiro atoms. The molecule has 0 bridgehead atoms. The standard InChI is InChI=1S/C5H7NO/c1-2-3-4(6)5(3)7/h2,4H,6H2,1H3. The number of nitrogens with two attached hydrogens (primary N) is 1. The van der Waals surface area contributed by atoms with Gasteiger partial charge in [-0.1, -0.05) is 6.08 Å². The van der Waals surface area contributed by atoms with Gasteiger partial charge in [0.15, 0.2) is 5.78 Å². The highest BCUT2D eigenvalue weighted by Gasteiger charge is 2.37. The summed E-state index contributed by atoms with van der Waals surface area (Å²) in [4.78, 5) is 10.3. The van der Waals surface area contributed by atoms with Gasteiger partial charge in [0.25, 0.3) is 0 Å². The van der Waals surface area contributed by atoms with Crippen LogP contribution in [0.2, 0.25) is 0 Å². The van der Waals surface area contributed by atoms with Crippen molar-refractivity contribution in [3.8, 4) is 0 Å². The second kappa shape index (κ2) is 1.17. The first kappa shape index (κ1) is 4.53. The molecular weight excluding hydrogens is 90.1 g/mol. The zero-order valence-electron chi connectivity index (χ0n) is 4.14. The van der Waals surface area contributed by atoms with Crippen LogP contribution in [0, 0.1) is 0 Å². The molecule has 1 rings (SSSR count). The Morgan fingerprint density at radius 1 is 1.86 bits per heavy atom. The van der Waals surface area contributed by atoms with Gasteiger partial charge in [-0.3, -0.25) is 4.79 Å². The Labute approximate surface area is 42.0 Å². The van der Waals surface area contributed by atoms with Gasteiger partial charge in [0.1, 0.15) is 0 Å². The molecule has 0 saturated heterocycles. The Bertz CT molecular complexity index is 137. The summed E-state index contributed by atoms with van der Waals surface area (Å²) < 4.78 is 0. The average molecular weight is 97.1 g/mol. The van der Waals surface area contributed by atoms with E-state index in [0.29, 0.717) is 0 Å². The highest BCUT2D eigenvalue weighted by atomic mass is 16.1. The van der Waals surface area contributed by atoms with Crippen LogP contribution in [-0.2, 0) is 4.79 Å². The van der Waals surface area contributed by atoms with E-state index in [1.807, 2.05) is 6.92 Å². The lowest BCUT2D eigenvalue weighted by molar-refractivity contribution is -0.109. The minimum Gasteiger partial charge on any atom is -0.317 e. The first-order valence-electron chi connectivity index (χ1n) is 2.23. The number of Topliss-reactive ketones (excluding diaryl/α,β-unsaturated/α-hetero) is 1. The van der Waals surface area contributed by atoms with Crippen LogP contribution < -0.4 is 5.73 Å². The molecule has 2 N–H and O–H groups in total. The van der Waals surface area contributed by atoms with E-state index in [4.69, 9.17) is 5.73 Å². The van der Waals surface area contributed by atoms with Crippen LogP contribution in [0.5, 0.6) is 0 Å². The summed E-state index contributed by atoms with van der Waals surface area (Å²) in [6.45, 7) is 1.82. The average Bonchev–Trinajstić information content (AvgIpc) is 2.17. The molecule has 0 aromatic rings. The van der Waals surface area contributed by atoms with Gasteiger partial charge in [0.2, 0.25) is 0 Å². The third-order valence-electron chi connectivity index (χ3n) is 1.13. The molecule has 2 heteroatoms. The number of carbonyl (C=O) groups is 1. The lowest BCUT2D eigenvalue weighted by Gasteiger charge is -1.61. The lowest BCUT2D eigenvalue weighted by Crippen LogP contribution is -2.00. The number of carbonyl (C=O) groups excluding carboxylic acids is 1. The maximum atomic E-state index is 10.3. The minimum absolute atomic E-state index is 0.0995. The van der Waals surface area contributed by atoms with Crippen molar-refractivity contribution in [2.24, 2.45) is 5.73 Å². The van der Waals surface area contributed by atoms with Gasteiger partial charge >= 0.3 is 0 Å². The van der Waals surface area contributed by atoms with Crippen molar-refractivity contribution in [1.29, 1.82) is 0 Å². The monoisotopic (exact) mass is 97.1 g/mol. The minimum atomic E-state index is -0.245. The van der Waals surface area contributed by atoms with Crippen molar-refractivity contribution in [3.63, 3.8) is 0 Å². The molecule has 0 radical (unpaired) electrons. The van der Waals surface area contributed by atoms with Crippen LogP contribution in [0.3, 0.4) is 0 Å². The lowest BCUT2D eigenvalue weighted by atomic mass is 10.5. The van der Waals surface area contributed by atoms with Gasteiger partial charge < -0.3 is 5.73 Å². The summed E-state index contributed by atoms with van der Waals surface area (Å²) >= 11 is 0. The largest absolute Gasteiger partial charge is 0.317 e. The second-order valence-electron chi connectivity index (χ2n) is 1.59. The van der Waals surface area contributed by atoms with Crippen LogP contribution in [0.1, 0.15) is 6.92 Å². The van der Waals surface area contributed by atoms with Gasteiger partial charge in [-0.15, -0.1) is 0 Å². The Kier molecular flexibility index (Phi) is 0.755. The topological polar surface area (TPSA) is 43.1 Å². The number of hydrogen-bond acceptors (Lipinski definition) is 2. The van der Waals surface area contributed by atoms with Crippen molar-refractivity contribution in [2.45, 2.75) is 13.0 Å². The fourth-order valence-electron chi connectivity index (χ4n) is 0.557. The molecule has 1 unspecified atom stereocenters. The Morgan fingerprint density at radius 2 is 2.29 bits per heavy atom. The molecule has 1 atom stereocenters. The molecule has 0 amide bonds. The van der Waals surface area contributed by atoms with Crippen molar-refractivity contribution in [1.82, 2.24) is 0 Å². The summed E-state index contributed by atoms with van der Waals surface area (Å²) in [5.74, 6) is 0.0995. The Morgan fingerprint density at radius 3 is 2.29 bits per heavy atom. The maximum Gasteiger partial charge on any atom is 0.181 e. The van der Waals surface area contributed by atoms with E-state index in [-0.39, 0.29) is 11.8 Å². The Hall–Kier alpha value is -0.630. The molecule has 1 saturated carbocycles. The summed E-state index contributed by atoms with van der Waals surface area (Å²) in [5, 5.41) is 0. The van der Waals surface area contributed by atoms with Crippen molar-refractivity contribution < 1.29 is 4.79 Å². The number of hydrogen-bond donors (Lipinski definition) is 1. The highest BCUT2D eigenvalue weighted by molar-refractivity contribution is 6.20. The molecular formula is C5H7NO. The third kappa shape index (κ3) is 0.472. The van der Waals surface area contributed by atoms with E-state index >= 15 is 0 Å². The molecule has 0 aliphatic heterocycles. The smallest absolute Gasteiger partial charge is 0.181 e. The molecule has 7 heavy (non-hydrogen) atoms. The van der Waals surface area contributed by atoms with Gasteiger partial charge in [-0.2, -0.15) is 0 Å². The van der Waals surface area contributed by atoms with Crippen molar-refractivity contribution in [3.05, 3.63) is 11.6 Å².